The molecule has 0 atom stereocenters. The van der Waals surface area contributed by atoms with E-state index < -0.39 is 63.8 Å². The highest BCUT2D eigenvalue weighted by Gasteiger charge is 2.53. The summed E-state index contributed by atoms with van der Waals surface area (Å²) in [6.07, 6.45) is 7.72. The molecule has 0 spiro atoms. The number of likely N-dealkylation sites (tertiary alicyclic amines) is 1. The number of amides is 2. The second-order valence-corrected chi connectivity index (χ2v) is 23.7. The fraction of sp³-hybridized carbons (Fsp3) is 0.310. The van der Waals surface area contributed by atoms with E-state index in [1.807, 2.05) is 0 Å². The molecule has 76 heavy (non-hydrogen) atoms. The first-order valence-electron chi connectivity index (χ1n) is 22.2. The third-order valence-corrected chi connectivity index (χ3v) is 16.6. The monoisotopic (exact) mass is 1170 g/mol. The standard InChI is InChI=1S/C15H16N6O4S2.C14H20N4O5S.C13H14N4O5S.2ClH/c16-27(24,25)21-8-7-13(15(21)14-9-17-20-18-14)10-1-3-11(4-2-10)19-26(22,23)12-5-6-12;15-14(4-5-14)13(21)17-6-1-9(2-7-17)10-3-8-18(24(16,22)23)11(10)12(19)20;14-7-11(18)16-9-3-1-8(2-4-9)10-5-6-17(23(15,21)22)12(10)13(19)20;;/h1-4,7-8,12,19H,5-6,9H2,(H2,16,24,25);3,8-9H,1-2,4-7,15H2,(H,19,20)(H2,16,22,23);1-6H,7,14H2,(H,16,18)(H,19,20)(H2,15,21,22);2*1H. The van der Waals surface area contributed by atoms with Crippen LogP contribution in [0, 0.1) is 0 Å². The van der Waals surface area contributed by atoms with E-state index in [2.05, 4.69) is 36.9 Å². The van der Waals surface area contributed by atoms with Crippen molar-refractivity contribution in [1.82, 2.24) is 16.8 Å². The molecule has 28 nitrogen and oxygen atoms in total. The van der Waals surface area contributed by atoms with Gasteiger partial charge in [-0.2, -0.15) is 30.4 Å². The smallest absolute Gasteiger partial charge is 0.354 e. The second kappa shape index (κ2) is 23.3. The van der Waals surface area contributed by atoms with E-state index in [0.29, 0.717) is 86.1 Å². The lowest BCUT2D eigenvalue weighted by molar-refractivity contribution is -0.422. The maximum Gasteiger partial charge on any atom is 0.354 e. The molecular weight excluding hydrogens is 1120 g/mol. The third kappa shape index (κ3) is 13.9. The highest BCUT2D eigenvalue weighted by atomic mass is 35.5. The average Bonchev–Trinajstić information content (AvgIpc) is 3.97. The number of halogens is 2. The molecule has 412 valence electrons. The van der Waals surface area contributed by atoms with Crippen molar-refractivity contribution < 1.29 is 99.3 Å². The van der Waals surface area contributed by atoms with Crippen molar-refractivity contribution in [3.63, 3.8) is 0 Å². The maximum absolute atomic E-state index is 12.3. The number of hydrogen-bond acceptors (Lipinski definition) is 15. The maximum atomic E-state index is 12.3. The lowest BCUT2D eigenvalue weighted by Gasteiger charge is -2.32. The number of quaternary nitrogens is 2. The lowest BCUT2D eigenvalue weighted by Crippen LogP contribution is -3.00. The molecule has 3 fully saturated rings. The van der Waals surface area contributed by atoms with Gasteiger partial charge >= 0.3 is 42.6 Å². The summed E-state index contributed by atoms with van der Waals surface area (Å²) >= 11 is 0. The number of anilines is 2. The van der Waals surface area contributed by atoms with Crippen molar-refractivity contribution in [2.75, 3.05) is 36.2 Å². The molecule has 4 aliphatic rings. The molecule has 2 aliphatic heterocycles. The fourth-order valence-electron chi connectivity index (χ4n) is 8.13. The number of benzene rings is 2. The summed E-state index contributed by atoms with van der Waals surface area (Å²) in [5.74, 6) is -3.08. The molecule has 1 saturated heterocycles. The zero-order valence-electron chi connectivity index (χ0n) is 39.8. The van der Waals surface area contributed by atoms with Gasteiger partial charge < -0.3 is 56.7 Å². The van der Waals surface area contributed by atoms with Crippen LogP contribution in [0.25, 0.3) is 22.3 Å². The number of nitrogens with two attached hydrogens (primary N) is 3. The van der Waals surface area contributed by atoms with E-state index in [4.69, 9.17) is 15.4 Å². The lowest BCUT2D eigenvalue weighted by atomic mass is 9.89. The predicted molar refractivity (Wildman–Crippen MR) is 265 cm³/mol. The van der Waals surface area contributed by atoms with Crippen molar-refractivity contribution in [3.05, 3.63) is 108 Å². The Morgan fingerprint density at radius 3 is 1.63 bits per heavy atom. The van der Waals surface area contributed by atoms with Crippen LogP contribution in [-0.4, -0.2) is 127 Å². The van der Waals surface area contributed by atoms with Crippen LogP contribution >= 0.6 is 0 Å². The van der Waals surface area contributed by atoms with Crippen LogP contribution in [0.5, 0.6) is 0 Å². The fourth-order valence-corrected chi connectivity index (χ4v) is 11.5. The minimum atomic E-state index is -4.22. The van der Waals surface area contributed by atoms with Crippen LogP contribution in [0.4, 0.5) is 11.4 Å². The van der Waals surface area contributed by atoms with E-state index in [-0.39, 0.29) is 77.8 Å². The number of nitrogens with one attached hydrogen (secondary N) is 2. The van der Waals surface area contributed by atoms with E-state index >= 15 is 0 Å². The molecule has 5 heterocycles. The molecule has 2 amide bonds. The van der Waals surface area contributed by atoms with Gasteiger partial charge in [0.15, 0.2) is 17.8 Å². The zero-order valence-corrected chi connectivity index (χ0v) is 44.5. The molecule has 2 saturated carbocycles. The van der Waals surface area contributed by atoms with Gasteiger partial charge in [-0.25, -0.2) is 45.3 Å². The summed E-state index contributed by atoms with van der Waals surface area (Å²) < 4.78 is 98.3. The van der Waals surface area contributed by atoms with Crippen LogP contribution in [-0.2, 0) is 50.2 Å². The number of hydrogen-bond donors (Lipinski definition) is 9. The number of carboxylic acids is 2. The highest BCUT2D eigenvalue weighted by molar-refractivity contribution is 7.93. The van der Waals surface area contributed by atoms with E-state index in [1.54, 1.807) is 59.5 Å². The summed E-state index contributed by atoms with van der Waals surface area (Å²) in [6, 6.07) is 17.3. The van der Waals surface area contributed by atoms with Crippen molar-refractivity contribution in [3.8, 4) is 22.3 Å². The van der Waals surface area contributed by atoms with Gasteiger partial charge in [-0.15, -0.1) is 5.10 Å². The quantitative estimate of drug-likeness (QED) is 0.0471. The zero-order chi connectivity index (χ0) is 54.1. The number of sulfonamides is 1. The van der Waals surface area contributed by atoms with E-state index in [1.165, 1.54) is 24.5 Å². The highest BCUT2D eigenvalue weighted by Crippen LogP contribution is 2.37. The van der Waals surface area contributed by atoms with Crippen LogP contribution in [0.3, 0.4) is 0 Å². The minimum absolute atomic E-state index is 0. The number of aromatic carboxylic acids is 2. The van der Waals surface area contributed by atoms with Gasteiger partial charge in [-0.05, 0) is 96.0 Å². The van der Waals surface area contributed by atoms with Gasteiger partial charge in [0.1, 0.15) is 18.0 Å². The number of rotatable bonds is 15. The van der Waals surface area contributed by atoms with Crippen molar-refractivity contribution in [2.45, 2.75) is 55.2 Å². The molecular formula is C42H52Cl2N14O14S4. The summed E-state index contributed by atoms with van der Waals surface area (Å²) in [7, 11) is -15.8. The van der Waals surface area contributed by atoms with Gasteiger partial charge in [0.25, 0.3) is 11.8 Å². The number of carboxylic acid groups (broad SMARTS) is 2. The molecule has 3 aromatic heterocycles. The van der Waals surface area contributed by atoms with Gasteiger partial charge in [0.2, 0.25) is 10.0 Å². The SMILES string of the molecule is NS(=O)(=O)n1ccc(-c2ccc(NC(=O)C[NH3+])cc2)c1C(=O)O.NS(=O)(=O)n1ccc(-c2ccc(NS(=O)(=O)C3CC3)cc2)c1C1=NN=NC1.NS(=O)(=O)n1ccc(C2CCN(C(=O)C3([NH3+])CC3)CC2)c1C(=O)O.[Cl-].[Cl-]. The Balaban J connectivity index is 0.000000209. The van der Waals surface area contributed by atoms with Gasteiger partial charge in [0.05, 0.1) is 10.9 Å². The Morgan fingerprint density at radius 1 is 0.671 bits per heavy atom. The summed E-state index contributed by atoms with van der Waals surface area (Å²) in [5, 5.41) is 47.4. The topological polar surface area (TPSA) is 458 Å². The van der Waals surface area contributed by atoms with Gasteiger partial charge in [-0.1, -0.05) is 24.3 Å². The second-order valence-electron chi connectivity index (χ2n) is 17.5. The first kappa shape index (κ1) is 60.3. The van der Waals surface area contributed by atoms with Crippen LogP contribution in [0.1, 0.15) is 76.7 Å². The Kier molecular flexibility index (Phi) is 18.5. The summed E-state index contributed by atoms with van der Waals surface area (Å²) in [5.41, 5.74) is 10.2. The Morgan fingerprint density at radius 2 is 1.16 bits per heavy atom. The van der Waals surface area contributed by atoms with Crippen molar-refractivity contribution >= 4 is 81.5 Å². The molecule has 5 aromatic rings. The molecule has 2 aliphatic carbocycles. The first-order chi connectivity index (χ1) is 34.6. The molecule has 2 aromatic carbocycles. The largest absolute Gasteiger partial charge is 1.00 e. The van der Waals surface area contributed by atoms with Gasteiger partial charge in [0, 0.05) is 67.0 Å². The van der Waals surface area contributed by atoms with Crippen LogP contribution < -0.4 is 61.7 Å². The molecule has 0 radical (unpaired) electrons. The number of nitrogens with zero attached hydrogens (tertiary/aromatic N) is 7. The predicted octanol–water partition coefficient (Wildman–Crippen LogP) is -6.91. The molecule has 0 unspecified atom stereocenters. The summed E-state index contributed by atoms with van der Waals surface area (Å²) in [4.78, 5) is 48.2. The summed E-state index contributed by atoms with van der Waals surface area (Å²) in [6.45, 7) is 1.26. The number of carbonyl (C=O) groups is 4. The van der Waals surface area contributed by atoms with E-state index in [9.17, 15) is 63.1 Å². The van der Waals surface area contributed by atoms with E-state index in [0.717, 1.165) is 23.0 Å². The Bertz CT molecular complexity index is 3550. The molecule has 9 rings (SSSR count). The normalized spacial score (nSPS) is 16.1. The average molecular weight is 1180 g/mol. The third-order valence-electron chi connectivity index (χ3n) is 12.2. The minimum Gasteiger partial charge on any atom is -1.00 e. The van der Waals surface area contributed by atoms with Crippen molar-refractivity contribution in [2.24, 2.45) is 30.9 Å². The first-order valence-corrected chi connectivity index (χ1v) is 28.3. The molecule has 0 bridgehead atoms. The van der Waals surface area contributed by atoms with Crippen LogP contribution in [0.2, 0.25) is 0 Å². The van der Waals surface area contributed by atoms with Crippen LogP contribution in [0.15, 0.2) is 101 Å². The number of piperidine rings is 1. The number of carbonyl (C=O) groups excluding carboxylic acids is 2. The van der Waals surface area contributed by atoms with Crippen molar-refractivity contribution in [1.29, 1.82) is 0 Å². The Labute approximate surface area is 447 Å². The Hall–Kier alpha value is -6.59. The van der Waals surface area contributed by atoms with Gasteiger partial charge in [-0.3, -0.25) is 14.3 Å². The molecule has 16 N–H and O–H groups in total. The number of aromatic nitrogens is 3. The molecule has 34 heteroatoms.